The molecule has 14 nitrogen and oxygen atoms in total. The van der Waals surface area contributed by atoms with Gasteiger partial charge in [-0.05, 0) is 54.8 Å². The first-order valence-electron chi connectivity index (χ1n) is 13.5. The van der Waals surface area contributed by atoms with Gasteiger partial charge in [0.05, 0.1) is 18.5 Å². The highest BCUT2D eigenvalue weighted by molar-refractivity contribution is 8.00. The van der Waals surface area contributed by atoms with Crippen LogP contribution in [0.2, 0.25) is 1.41 Å². The van der Waals surface area contributed by atoms with Gasteiger partial charge in [-0.25, -0.2) is 9.59 Å². The van der Waals surface area contributed by atoms with E-state index in [0.29, 0.717) is 39.0 Å². The lowest BCUT2D eigenvalue weighted by Gasteiger charge is -2.16. The molecule has 1 aliphatic rings. The SMILES string of the molecule is CCCNC(=O)CCN1C(=O)CC(SC)C1=O.CCOC(=O)NCCCCC(NC(=O)OCC)C(=O)NC.[2H]N=P. The lowest BCUT2D eigenvalue weighted by atomic mass is 10.1. The molecule has 6 amide bonds. The van der Waals surface area contributed by atoms with E-state index in [1.165, 1.54) is 23.7 Å². The number of likely N-dealkylation sites (N-methyl/N-ethyl adjacent to an activating group) is 1. The van der Waals surface area contributed by atoms with Gasteiger partial charge in [0.25, 0.3) is 0 Å². The Morgan fingerprint density at radius 1 is 1.10 bits per heavy atom. The lowest BCUT2D eigenvalue weighted by Crippen LogP contribution is -2.45. The van der Waals surface area contributed by atoms with Crippen molar-refractivity contribution in [3.63, 3.8) is 0 Å². The van der Waals surface area contributed by atoms with Crippen LogP contribution in [0.4, 0.5) is 9.59 Å². The summed E-state index contributed by atoms with van der Waals surface area (Å²) in [6, 6.07) is -0.642. The van der Waals surface area contributed by atoms with E-state index in [2.05, 4.69) is 35.5 Å². The minimum absolute atomic E-state index is 0.111. The Morgan fingerprint density at radius 2 is 1.73 bits per heavy atom. The topological polar surface area (TPSA) is 196 Å². The van der Waals surface area contributed by atoms with Crippen molar-refractivity contribution in [2.45, 2.75) is 70.6 Å². The first-order valence-corrected chi connectivity index (χ1v) is 14.8. The Balaban J connectivity index is 0. The van der Waals surface area contributed by atoms with Crippen LogP contribution in [-0.2, 0) is 28.7 Å². The smallest absolute Gasteiger partial charge is 0.407 e. The van der Waals surface area contributed by atoms with Gasteiger partial charge in [0.1, 0.15) is 6.04 Å². The fraction of sp³-hybridized carbons (Fsp3) is 0.750. The van der Waals surface area contributed by atoms with Gasteiger partial charge in [-0.1, -0.05) is 6.92 Å². The Labute approximate surface area is 244 Å². The number of likely N-dealkylation sites (tertiary alicyclic amines) is 1. The Bertz CT molecular complexity index is 842. The van der Waals surface area contributed by atoms with Gasteiger partial charge in [-0.2, -0.15) is 11.8 Å². The minimum atomic E-state index is -0.642. The van der Waals surface area contributed by atoms with Crippen molar-refractivity contribution in [3.05, 3.63) is 0 Å². The highest BCUT2D eigenvalue weighted by atomic mass is 32.2. The van der Waals surface area contributed by atoms with E-state index in [0.717, 1.165) is 6.42 Å². The van der Waals surface area contributed by atoms with E-state index in [1.807, 2.05) is 13.2 Å². The Kier molecular flexibility index (Phi) is 23.2. The number of hydrogen-bond acceptors (Lipinski definition) is 10. The third-order valence-electron chi connectivity index (χ3n) is 5.22. The first-order chi connectivity index (χ1) is 19.6. The number of nitrogens with one attached hydrogen (secondary N) is 5. The molecule has 40 heavy (non-hydrogen) atoms. The lowest BCUT2D eigenvalue weighted by molar-refractivity contribution is -0.138. The molecule has 0 saturated carbocycles. The second kappa shape index (κ2) is 25.1. The van der Waals surface area contributed by atoms with Crippen LogP contribution in [0.1, 0.15) is 59.3 Å². The fourth-order valence-electron chi connectivity index (χ4n) is 3.24. The summed E-state index contributed by atoms with van der Waals surface area (Å²) >= 11 is 1.38. The average molecular weight is 610 g/mol. The molecular formula is C24H45N6O8PS. The molecule has 0 aromatic rings. The van der Waals surface area contributed by atoms with E-state index in [1.54, 1.807) is 13.8 Å². The molecule has 0 spiro atoms. The number of rotatable bonds is 15. The van der Waals surface area contributed by atoms with Crippen LogP contribution in [0.15, 0.2) is 0 Å². The Morgan fingerprint density at radius 3 is 2.25 bits per heavy atom. The van der Waals surface area contributed by atoms with Crippen LogP contribution in [0.5, 0.6) is 0 Å². The minimum Gasteiger partial charge on any atom is -0.450 e. The average Bonchev–Trinajstić information content (AvgIpc) is 3.22. The van der Waals surface area contributed by atoms with E-state index in [9.17, 15) is 28.8 Å². The summed E-state index contributed by atoms with van der Waals surface area (Å²) in [6.07, 6.45) is 3.88. The van der Waals surface area contributed by atoms with Crippen molar-refractivity contribution in [2.24, 2.45) is 0 Å². The maximum absolute atomic E-state index is 11.7. The predicted molar refractivity (Wildman–Crippen MR) is 154 cm³/mol. The molecule has 0 bridgehead atoms. The molecule has 1 rings (SSSR count). The predicted octanol–water partition coefficient (Wildman–Crippen LogP) is 2.05. The van der Waals surface area contributed by atoms with Crippen LogP contribution in [0, 0.1) is 5.15 Å². The molecule has 2 unspecified atom stereocenters. The second-order valence-corrected chi connectivity index (χ2v) is 9.13. The zero-order valence-electron chi connectivity index (χ0n) is 25.0. The summed E-state index contributed by atoms with van der Waals surface area (Å²) in [7, 11) is 3.98. The number of carbonyl (C=O) groups is 6. The highest BCUT2D eigenvalue weighted by Crippen LogP contribution is 2.22. The van der Waals surface area contributed by atoms with Crippen LogP contribution in [0.25, 0.3) is 0 Å². The van der Waals surface area contributed by atoms with Crippen LogP contribution in [-0.4, -0.2) is 98.2 Å². The molecule has 230 valence electrons. The van der Waals surface area contributed by atoms with Gasteiger partial charge in [-0.15, -0.1) is 0 Å². The third-order valence-corrected chi connectivity index (χ3v) is 6.15. The van der Waals surface area contributed by atoms with Crippen LogP contribution < -0.4 is 21.3 Å². The number of hydrogen-bond donors (Lipinski definition) is 5. The molecule has 1 saturated heterocycles. The van der Waals surface area contributed by atoms with Gasteiger partial charge in [0.2, 0.25) is 23.6 Å². The zero-order chi connectivity index (χ0) is 31.6. The van der Waals surface area contributed by atoms with Crippen molar-refractivity contribution in [1.29, 1.82) is 5.15 Å². The largest absolute Gasteiger partial charge is 0.450 e. The molecule has 1 heterocycles. The van der Waals surface area contributed by atoms with Crippen LogP contribution in [0.3, 0.4) is 0 Å². The third kappa shape index (κ3) is 17.6. The maximum atomic E-state index is 11.7. The number of unbranched alkanes of at least 4 members (excludes halogenated alkanes) is 1. The van der Waals surface area contributed by atoms with Gasteiger partial charge in [0, 0.05) is 39.5 Å². The number of alkyl carbamates (subject to hydrolysis) is 2. The molecule has 0 radical (unpaired) electrons. The van der Waals surface area contributed by atoms with Crippen molar-refractivity contribution in [3.8, 4) is 0 Å². The molecule has 0 aliphatic carbocycles. The number of thioether (sulfide) groups is 1. The summed E-state index contributed by atoms with van der Waals surface area (Å²) in [5.74, 6) is -0.718. The first kappa shape index (κ1) is 37.1. The van der Waals surface area contributed by atoms with Gasteiger partial charge >= 0.3 is 12.2 Å². The monoisotopic (exact) mass is 609 g/mol. The fourth-order valence-corrected chi connectivity index (χ4v) is 3.88. The summed E-state index contributed by atoms with van der Waals surface area (Å²) in [5.41, 5.74) is 0. The molecule has 2 atom stereocenters. The van der Waals surface area contributed by atoms with Crippen molar-refractivity contribution < 1.29 is 39.7 Å². The summed E-state index contributed by atoms with van der Waals surface area (Å²) in [4.78, 5) is 69.8. The van der Waals surface area contributed by atoms with Crippen LogP contribution >= 0.6 is 20.8 Å². The summed E-state index contributed by atoms with van der Waals surface area (Å²) in [5, 5.41) is 12.6. The maximum Gasteiger partial charge on any atom is 0.407 e. The summed E-state index contributed by atoms with van der Waals surface area (Å²) in [6.45, 7) is 7.25. The molecule has 0 aromatic carbocycles. The van der Waals surface area contributed by atoms with Crippen molar-refractivity contribution in [1.82, 2.24) is 26.2 Å². The van der Waals surface area contributed by atoms with Gasteiger partial charge in [-0.3, -0.25) is 29.2 Å². The molecule has 0 aromatic heterocycles. The van der Waals surface area contributed by atoms with Gasteiger partial charge in [0.15, 0.2) is 1.41 Å². The second-order valence-electron chi connectivity index (χ2n) is 8.09. The number of ether oxygens (including phenoxy) is 2. The highest BCUT2D eigenvalue weighted by Gasteiger charge is 2.37. The van der Waals surface area contributed by atoms with E-state index >= 15 is 0 Å². The quantitative estimate of drug-likeness (QED) is 0.105. The molecular weight excluding hydrogens is 563 g/mol. The van der Waals surface area contributed by atoms with E-state index in [-0.39, 0.29) is 54.9 Å². The standard InChI is InChI=1S/C13H25N3O5.C11H18N2O3S.H2NP/c1-4-20-12(18)15-9-7-6-8-10(11(17)14-3)16-13(19)21-5-2;1-3-5-12-9(14)4-6-13-10(15)7-8(17-2)11(13)16;1-2/h10H,4-9H2,1-3H3,(H,14,17)(H,15,18)(H,16,19);8H,3-7H2,1-2H3,(H,12,14);1-2H/i/hD. The van der Waals surface area contributed by atoms with E-state index in [4.69, 9.17) is 10.9 Å². The normalized spacial score (nSPS) is 14.7. The zero-order valence-corrected chi connectivity index (χ0v) is 25.8. The molecule has 1 aliphatic heterocycles. The molecule has 5 N–H and O–H groups in total. The number of imide groups is 1. The number of carbonyl (C=O) groups excluding carboxylic acids is 6. The van der Waals surface area contributed by atoms with Crippen molar-refractivity contribution in [2.75, 3.05) is 46.2 Å². The molecule has 1 fully saturated rings. The van der Waals surface area contributed by atoms with E-state index < -0.39 is 18.2 Å². The molecule has 16 heteroatoms. The number of nitrogens with zero attached hydrogens (tertiary/aromatic N) is 1. The van der Waals surface area contributed by atoms with Gasteiger partial charge < -0.3 is 30.7 Å². The summed E-state index contributed by atoms with van der Waals surface area (Å²) < 4.78 is 15.2. The Hall–Kier alpha value is -2.93. The number of amides is 6. The van der Waals surface area contributed by atoms with Crippen molar-refractivity contribution >= 4 is 56.6 Å².